The molecule has 4 heteroatoms. The van der Waals surface area contributed by atoms with Gasteiger partial charge in [0.2, 0.25) is 0 Å². The van der Waals surface area contributed by atoms with Gasteiger partial charge in [-0.1, -0.05) is 0 Å². The third-order valence-corrected chi connectivity index (χ3v) is 0.348. The quantitative estimate of drug-likeness (QED) is 0.488. The molecule has 0 aliphatic carbocycles. The first kappa shape index (κ1) is 9.87. The first-order valence-corrected chi connectivity index (χ1v) is 1.67. The second-order valence-electron chi connectivity index (χ2n) is 0.911. The third kappa shape index (κ3) is 10.7. The summed E-state index contributed by atoms with van der Waals surface area (Å²) in [6.07, 6.45) is -0.0417. The van der Waals surface area contributed by atoms with Crippen LogP contribution in [0.4, 0.5) is 0 Å². The number of carboxylic acids is 1. The van der Waals surface area contributed by atoms with Crippen molar-refractivity contribution in [2.24, 2.45) is 5.73 Å². The van der Waals surface area contributed by atoms with Crippen molar-refractivity contribution in [1.29, 1.82) is 0 Å². The molecule has 0 aliphatic rings. The monoisotopic (exact) mass is 124 g/mol. The first-order chi connectivity index (χ1) is 2.77. The van der Waals surface area contributed by atoms with Crippen LogP contribution in [0.15, 0.2) is 0 Å². The molecule has 0 aromatic carbocycles. The van der Waals surface area contributed by atoms with E-state index >= 15 is 0 Å². The summed E-state index contributed by atoms with van der Waals surface area (Å²) in [6.45, 7) is 0.169. The lowest BCUT2D eigenvalue weighted by Gasteiger charge is -1.92. The maximum absolute atomic E-state index is 9.41. The lowest BCUT2D eigenvalue weighted by molar-refractivity contribution is -0.305. The minimum Gasteiger partial charge on any atom is -0.550 e. The standard InChI is InChI=1S/C3H7NO2.ClH/c4-2-1-3(5)6;/h1-2,4H2,(H,5,6);1H/p-1. The van der Waals surface area contributed by atoms with Crippen molar-refractivity contribution in [2.75, 3.05) is 6.54 Å². The Morgan fingerprint density at radius 3 is 2.14 bits per heavy atom. The van der Waals surface area contributed by atoms with Crippen molar-refractivity contribution in [1.82, 2.24) is 0 Å². The van der Waals surface area contributed by atoms with Gasteiger partial charge in [0.15, 0.2) is 0 Å². The predicted molar refractivity (Wildman–Crippen MR) is 25.9 cm³/mol. The average Bonchev–Trinajstić information content (AvgIpc) is 1.35. The van der Waals surface area contributed by atoms with Crippen LogP contribution in [0.2, 0.25) is 0 Å². The van der Waals surface area contributed by atoms with Crippen molar-refractivity contribution in [3.05, 3.63) is 0 Å². The third-order valence-electron chi connectivity index (χ3n) is 0.348. The van der Waals surface area contributed by atoms with Crippen LogP contribution in [0, 0.1) is 0 Å². The molecule has 0 atom stereocenters. The summed E-state index contributed by atoms with van der Waals surface area (Å²) in [4.78, 5) is 9.41. The van der Waals surface area contributed by atoms with Crippen molar-refractivity contribution < 1.29 is 9.90 Å². The van der Waals surface area contributed by atoms with E-state index < -0.39 is 5.97 Å². The highest BCUT2D eigenvalue weighted by molar-refractivity contribution is 5.85. The smallest absolute Gasteiger partial charge is 0.0426 e. The number of rotatable bonds is 2. The fourth-order valence-electron chi connectivity index (χ4n) is 0.118. The Kier molecular flexibility index (Phi) is 8.06. The predicted octanol–water partition coefficient (Wildman–Crippen LogP) is -1.49. The van der Waals surface area contributed by atoms with E-state index in [1.165, 1.54) is 0 Å². The molecule has 44 valence electrons. The summed E-state index contributed by atoms with van der Waals surface area (Å²) >= 11 is 0. The Labute approximate surface area is 47.9 Å². The van der Waals surface area contributed by atoms with Crippen molar-refractivity contribution in [3.63, 3.8) is 0 Å². The maximum atomic E-state index is 9.41. The van der Waals surface area contributed by atoms with Crippen molar-refractivity contribution >= 4 is 18.4 Å². The molecule has 0 radical (unpaired) electrons. The Balaban J connectivity index is 0. The summed E-state index contributed by atoms with van der Waals surface area (Å²) in [5.41, 5.74) is 4.81. The molecule has 0 heterocycles. The highest BCUT2D eigenvalue weighted by atomic mass is 35.5. The SMILES string of the molecule is Cl.NCCC(=O)[O-]. The molecule has 0 saturated carbocycles. The minimum absolute atomic E-state index is 0. The highest BCUT2D eigenvalue weighted by Gasteiger charge is 1.75. The van der Waals surface area contributed by atoms with Gasteiger partial charge >= 0.3 is 0 Å². The lowest BCUT2D eigenvalue weighted by atomic mass is 10.5. The molecule has 0 aromatic heterocycles. The van der Waals surface area contributed by atoms with Gasteiger partial charge in [0.25, 0.3) is 0 Å². The van der Waals surface area contributed by atoms with Crippen molar-refractivity contribution in [2.45, 2.75) is 6.42 Å². The number of aliphatic carboxylic acids is 1. The van der Waals surface area contributed by atoms with E-state index in [4.69, 9.17) is 5.73 Å². The van der Waals surface area contributed by atoms with Crippen LogP contribution >= 0.6 is 12.4 Å². The molecule has 2 N–H and O–H groups in total. The zero-order valence-electron chi connectivity index (χ0n) is 3.72. The van der Waals surface area contributed by atoms with Crippen LogP contribution in [-0.2, 0) is 4.79 Å². The molecule has 7 heavy (non-hydrogen) atoms. The molecule has 0 aromatic rings. The number of carbonyl (C=O) groups excluding carboxylic acids is 1. The van der Waals surface area contributed by atoms with Crippen LogP contribution < -0.4 is 10.8 Å². The molecular formula is C3H7ClNO2-. The van der Waals surface area contributed by atoms with Crippen LogP contribution in [0.1, 0.15) is 6.42 Å². The van der Waals surface area contributed by atoms with Gasteiger partial charge in [-0.2, -0.15) is 0 Å². The summed E-state index contributed by atoms with van der Waals surface area (Å²) in [5.74, 6) is -1.09. The number of nitrogens with two attached hydrogens (primary N) is 1. The van der Waals surface area contributed by atoms with E-state index in [1.807, 2.05) is 0 Å². The normalized spacial score (nSPS) is 7.00. The van der Waals surface area contributed by atoms with E-state index in [0.29, 0.717) is 0 Å². The Morgan fingerprint density at radius 2 is 2.14 bits per heavy atom. The van der Waals surface area contributed by atoms with E-state index in [1.54, 1.807) is 0 Å². The van der Waals surface area contributed by atoms with Crippen LogP contribution in [0.25, 0.3) is 0 Å². The fourth-order valence-corrected chi connectivity index (χ4v) is 0.118. The number of hydrogen-bond donors (Lipinski definition) is 1. The number of halogens is 1. The topological polar surface area (TPSA) is 66.2 Å². The number of carboxylic acid groups (broad SMARTS) is 1. The summed E-state index contributed by atoms with van der Waals surface area (Å²) < 4.78 is 0. The van der Waals surface area contributed by atoms with Crippen LogP contribution in [-0.4, -0.2) is 12.5 Å². The van der Waals surface area contributed by atoms with Crippen molar-refractivity contribution in [3.8, 4) is 0 Å². The highest BCUT2D eigenvalue weighted by Crippen LogP contribution is 1.62. The van der Waals surface area contributed by atoms with Gasteiger partial charge in [0, 0.05) is 5.97 Å². The molecule has 0 fully saturated rings. The van der Waals surface area contributed by atoms with E-state index in [-0.39, 0.29) is 25.4 Å². The van der Waals surface area contributed by atoms with Gasteiger partial charge in [0.05, 0.1) is 0 Å². The van der Waals surface area contributed by atoms with E-state index in [2.05, 4.69) is 0 Å². The average molecular weight is 125 g/mol. The summed E-state index contributed by atoms with van der Waals surface area (Å²) in [6, 6.07) is 0. The largest absolute Gasteiger partial charge is 0.550 e. The second-order valence-corrected chi connectivity index (χ2v) is 0.911. The molecule has 3 nitrogen and oxygen atoms in total. The van der Waals surface area contributed by atoms with Gasteiger partial charge in [-0.25, -0.2) is 0 Å². The lowest BCUT2D eigenvalue weighted by Crippen LogP contribution is -2.24. The first-order valence-electron chi connectivity index (χ1n) is 1.67. The van der Waals surface area contributed by atoms with Crippen LogP contribution in [0.3, 0.4) is 0 Å². The molecule has 0 saturated heterocycles. The molecule has 0 amide bonds. The van der Waals surface area contributed by atoms with Gasteiger partial charge in [-0.05, 0) is 13.0 Å². The molecule has 0 rings (SSSR count). The van der Waals surface area contributed by atoms with E-state index in [9.17, 15) is 9.90 Å². The Morgan fingerprint density at radius 1 is 1.71 bits per heavy atom. The molecular weight excluding hydrogens is 117 g/mol. The Hall–Kier alpha value is -0.280. The second kappa shape index (κ2) is 5.72. The van der Waals surface area contributed by atoms with Gasteiger partial charge in [-0.15, -0.1) is 12.4 Å². The summed E-state index contributed by atoms with van der Waals surface area (Å²) in [5, 5.41) is 9.41. The van der Waals surface area contributed by atoms with Crippen LogP contribution in [0.5, 0.6) is 0 Å². The minimum atomic E-state index is -1.09. The van der Waals surface area contributed by atoms with Gasteiger partial charge in [-0.3, -0.25) is 0 Å². The van der Waals surface area contributed by atoms with Gasteiger partial charge in [0.1, 0.15) is 0 Å². The molecule has 0 unspecified atom stereocenters. The molecule has 0 bridgehead atoms. The fraction of sp³-hybridized carbons (Fsp3) is 0.667. The zero-order chi connectivity index (χ0) is 4.99. The molecule has 0 aliphatic heterocycles. The number of hydrogen-bond acceptors (Lipinski definition) is 3. The molecule has 0 spiro atoms. The summed E-state index contributed by atoms with van der Waals surface area (Å²) in [7, 11) is 0. The number of carbonyl (C=O) groups is 1. The Bertz CT molecular complexity index is 56.9. The zero-order valence-corrected chi connectivity index (χ0v) is 4.53. The van der Waals surface area contributed by atoms with Gasteiger partial charge < -0.3 is 15.6 Å². The maximum Gasteiger partial charge on any atom is 0.0426 e. The van der Waals surface area contributed by atoms with E-state index in [0.717, 1.165) is 0 Å².